The molecule has 0 aliphatic carbocycles. The maximum atomic E-state index is 12.7. The molecule has 0 fully saturated rings. The molecule has 0 amide bonds. The summed E-state index contributed by atoms with van der Waals surface area (Å²) in [6, 6.07) is -0.689. The number of esters is 1. The van der Waals surface area contributed by atoms with E-state index in [4.69, 9.17) is 21.6 Å². The summed E-state index contributed by atoms with van der Waals surface area (Å²) in [4.78, 5) is 12.7. The topological polar surface area (TPSA) is 114 Å². The number of carbonyl (C=O) groups is 1. The number of nitrogens with two attached hydrogens (primary N) is 2. The number of rotatable bonds is 35. The summed E-state index contributed by atoms with van der Waals surface area (Å²) < 4.78 is 5.92. The average molecular weight is 671 g/mol. The van der Waals surface area contributed by atoms with Gasteiger partial charge < -0.3 is 21.5 Å². The number of allylic oxidation sites excluding steroid dienone is 8. The van der Waals surface area contributed by atoms with Crippen LogP contribution in [0.25, 0.3) is 0 Å². The summed E-state index contributed by atoms with van der Waals surface area (Å²) in [5.74, 6) is -0.436. The van der Waals surface area contributed by atoms with E-state index in [1.807, 2.05) is 0 Å². The second-order valence-electron chi connectivity index (χ2n) is 13.5. The van der Waals surface area contributed by atoms with Crippen LogP contribution in [0.5, 0.6) is 0 Å². The first-order chi connectivity index (χ1) is 23.5. The Morgan fingerprint density at radius 1 is 0.583 bits per heavy atom. The lowest BCUT2D eigenvalue weighted by molar-refractivity contribution is -0.151. The monoisotopic (exact) mass is 671 g/mol. The second kappa shape index (κ2) is 37.5. The molecule has 278 valence electrons. The van der Waals surface area contributed by atoms with Crippen LogP contribution in [-0.2, 0) is 9.53 Å². The molecule has 0 aromatic carbocycles. The zero-order valence-corrected chi connectivity index (χ0v) is 31.5. The fourth-order valence-corrected chi connectivity index (χ4v) is 5.71. The van der Waals surface area contributed by atoms with Gasteiger partial charge in [0.2, 0.25) is 0 Å². The fourth-order valence-electron chi connectivity index (χ4n) is 5.71. The third kappa shape index (κ3) is 35.0. The van der Waals surface area contributed by atoms with Gasteiger partial charge in [0.25, 0.3) is 0 Å². The van der Waals surface area contributed by atoms with Crippen LogP contribution in [0.2, 0.25) is 0 Å². The molecule has 6 N–H and O–H groups in total. The molecule has 0 aromatic rings. The van der Waals surface area contributed by atoms with Crippen molar-refractivity contribution < 1.29 is 9.53 Å². The molecule has 0 saturated carbocycles. The number of carbonyl (C=O) groups excluding carboxylic acids is 1. The van der Waals surface area contributed by atoms with Gasteiger partial charge in [0.1, 0.15) is 12.1 Å². The number of hydrogen-bond donors (Lipinski definition) is 4. The summed E-state index contributed by atoms with van der Waals surface area (Å²) in [5, 5.41) is 9.99. The predicted octanol–water partition coefficient (Wildman–Crippen LogP) is 11.5. The van der Waals surface area contributed by atoms with Gasteiger partial charge in [-0.15, -0.1) is 0 Å². The third-order valence-corrected chi connectivity index (χ3v) is 8.81. The van der Waals surface area contributed by atoms with Gasteiger partial charge in [0.05, 0.1) is 0 Å². The first-order valence-electron chi connectivity index (χ1n) is 20.1. The molecule has 48 heavy (non-hydrogen) atoms. The van der Waals surface area contributed by atoms with Gasteiger partial charge in [-0.3, -0.25) is 10.2 Å². The van der Waals surface area contributed by atoms with Gasteiger partial charge in [0, 0.05) is 6.54 Å². The van der Waals surface area contributed by atoms with Crippen molar-refractivity contribution in [3.8, 4) is 0 Å². The Bertz CT molecular complexity index is 787. The number of guanidine groups is 1. The average Bonchev–Trinajstić information content (AvgIpc) is 3.07. The molecule has 0 unspecified atom stereocenters. The van der Waals surface area contributed by atoms with E-state index in [0.717, 1.165) is 38.5 Å². The number of hydrogen-bond acceptors (Lipinski definition) is 4. The lowest BCUT2D eigenvalue weighted by Gasteiger charge is -2.20. The Morgan fingerprint density at radius 2 is 0.958 bits per heavy atom. The highest BCUT2D eigenvalue weighted by molar-refractivity contribution is 5.76. The minimum absolute atomic E-state index is 0.0546. The zero-order valence-electron chi connectivity index (χ0n) is 31.5. The van der Waals surface area contributed by atoms with E-state index in [2.05, 4.69) is 67.8 Å². The predicted molar refractivity (Wildman–Crippen MR) is 210 cm³/mol. The van der Waals surface area contributed by atoms with E-state index < -0.39 is 6.04 Å². The molecule has 0 bridgehead atoms. The highest BCUT2D eigenvalue weighted by Gasteiger charge is 2.20. The number of ether oxygens (including phenoxy) is 1. The highest BCUT2D eigenvalue weighted by atomic mass is 16.5. The van der Waals surface area contributed by atoms with Crippen LogP contribution in [0.3, 0.4) is 0 Å². The lowest BCUT2D eigenvalue weighted by atomic mass is 10.0. The third-order valence-electron chi connectivity index (χ3n) is 8.81. The normalized spacial score (nSPS) is 12.8. The van der Waals surface area contributed by atoms with Crippen LogP contribution < -0.4 is 16.8 Å². The molecule has 0 heterocycles. The van der Waals surface area contributed by atoms with Crippen molar-refractivity contribution in [2.24, 2.45) is 11.5 Å². The summed E-state index contributed by atoms with van der Waals surface area (Å²) in [6.07, 6.45) is 50.2. The largest absolute Gasteiger partial charge is 0.461 e. The van der Waals surface area contributed by atoms with Crippen molar-refractivity contribution in [3.63, 3.8) is 0 Å². The van der Waals surface area contributed by atoms with Crippen molar-refractivity contribution in [1.29, 1.82) is 5.41 Å². The van der Waals surface area contributed by atoms with Gasteiger partial charge >= 0.3 is 5.97 Å². The minimum Gasteiger partial charge on any atom is -0.461 e. The molecule has 0 spiro atoms. The molecule has 1 atom stereocenters. The minimum atomic E-state index is -0.689. The number of nitrogens with one attached hydrogen (secondary N) is 2. The molecular formula is C42H78N4O2. The van der Waals surface area contributed by atoms with E-state index in [1.54, 1.807) is 0 Å². The molecule has 0 radical (unpaired) electrons. The Kier molecular flexibility index (Phi) is 35.7. The lowest BCUT2D eigenvalue weighted by Crippen LogP contribution is -2.39. The molecular weight excluding hydrogens is 592 g/mol. The Morgan fingerprint density at radius 3 is 1.35 bits per heavy atom. The first-order valence-corrected chi connectivity index (χ1v) is 20.1. The van der Waals surface area contributed by atoms with Crippen LogP contribution >= 0.6 is 0 Å². The summed E-state index contributed by atoms with van der Waals surface area (Å²) >= 11 is 0. The van der Waals surface area contributed by atoms with Crippen molar-refractivity contribution >= 4 is 11.9 Å². The molecule has 0 rings (SSSR count). The smallest absolute Gasteiger partial charge is 0.323 e. The van der Waals surface area contributed by atoms with Crippen LogP contribution in [0, 0.1) is 5.41 Å². The van der Waals surface area contributed by atoms with Crippen LogP contribution in [0.1, 0.15) is 187 Å². The van der Waals surface area contributed by atoms with E-state index in [9.17, 15) is 4.79 Å². The summed E-state index contributed by atoms with van der Waals surface area (Å²) in [6.45, 7) is 4.90. The number of unbranched alkanes of at least 4 members (excludes halogenated alkanes) is 18. The van der Waals surface area contributed by atoms with Gasteiger partial charge in [-0.1, -0.05) is 140 Å². The van der Waals surface area contributed by atoms with Crippen molar-refractivity contribution in [2.45, 2.75) is 199 Å². The fraction of sp³-hybridized carbons (Fsp3) is 0.762. The van der Waals surface area contributed by atoms with Crippen molar-refractivity contribution in [3.05, 3.63) is 48.6 Å². The molecule has 6 heteroatoms. The van der Waals surface area contributed by atoms with E-state index in [0.29, 0.717) is 13.0 Å². The first kappa shape index (κ1) is 45.7. The molecule has 6 nitrogen and oxygen atoms in total. The van der Waals surface area contributed by atoms with Gasteiger partial charge in [-0.05, 0) is 96.3 Å². The second-order valence-corrected chi connectivity index (χ2v) is 13.5. The quantitative estimate of drug-likeness (QED) is 0.0176. The van der Waals surface area contributed by atoms with Gasteiger partial charge in [0.15, 0.2) is 5.96 Å². The SMILES string of the molecule is CCCCC/C=C\C/C=C\CCCCCCCCC(CCCCCCCC/C=C\C/C=C\CCCCC)OC(=O)[C@@H](N)CCNC(=N)N. The van der Waals surface area contributed by atoms with Crippen molar-refractivity contribution in [1.82, 2.24) is 5.32 Å². The van der Waals surface area contributed by atoms with E-state index in [-0.39, 0.29) is 18.0 Å². The standard InChI is InChI=1S/C42H78N4O2/c1-3-5-7-9-11-13-15-17-19-21-23-25-27-29-31-33-35-39(48-41(47)40(43)37-38-46-42(44)45)36-34-32-30-28-26-24-22-20-18-16-14-12-10-8-6-4-2/h11-14,17-20,39-40H,3-10,15-16,21-38,43H2,1-2H3,(H4,44,45,46)/b13-11-,14-12-,19-17-,20-18-/t40-/m0/s1. The van der Waals surface area contributed by atoms with Crippen LogP contribution in [-0.4, -0.2) is 30.6 Å². The molecule has 0 aliphatic rings. The molecule has 0 saturated heterocycles. The summed E-state index contributed by atoms with van der Waals surface area (Å²) in [7, 11) is 0. The van der Waals surface area contributed by atoms with Crippen LogP contribution in [0.15, 0.2) is 48.6 Å². The molecule has 0 aromatic heterocycles. The summed E-state index contributed by atoms with van der Waals surface area (Å²) in [5.41, 5.74) is 11.4. The maximum Gasteiger partial charge on any atom is 0.323 e. The highest BCUT2D eigenvalue weighted by Crippen LogP contribution is 2.18. The van der Waals surface area contributed by atoms with E-state index >= 15 is 0 Å². The zero-order chi connectivity index (χ0) is 35.2. The van der Waals surface area contributed by atoms with E-state index in [1.165, 1.54) is 128 Å². The molecule has 0 aliphatic heterocycles. The van der Waals surface area contributed by atoms with Gasteiger partial charge in [-0.2, -0.15) is 0 Å². The maximum absolute atomic E-state index is 12.7. The Balaban J connectivity index is 4.18. The van der Waals surface area contributed by atoms with Crippen LogP contribution in [0.4, 0.5) is 0 Å². The Labute approximate surface area is 297 Å². The van der Waals surface area contributed by atoms with Gasteiger partial charge in [-0.25, -0.2) is 0 Å². The van der Waals surface area contributed by atoms with Crippen molar-refractivity contribution in [2.75, 3.05) is 6.54 Å². The Hall–Kier alpha value is -2.34.